The van der Waals surface area contributed by atoms with Gasteiger partial charge >= 0.3 is 0 Å². The Morgan fingerprint density at radius 1 is 1.43 bits per heavy atom. The second kappa shape index (κ2) is 5.38. The number of nitrogens with two attached hydrogens (primary N) is 1. The van der Waals surface area contributed by atoms with Crippen LogP contribution < -0.4 is 11.1 Å². The second-order valence-corrected chi connectivity index (χ2v) is 4.89. The zero-order valence-electron chi connectivity index (χ0n) is 10.8. The summed E-state index contributed by atoms with van der Waals surface area (Å²) in [6, 6.07) is 3.70. The first kappa shape index (κ1) is 13.3. The van der Waals surface area contributed by atoms with Gasteiger partial charge in [0.25, 0.3) is 5.95 Å². The standard InChI is InChI=1S/C13H10BrN7/c1-2-5-17-12-10(14)11(15)19-13(20-12)21-9-4-3-6-16-8(9)7-18-21/h1,3-4,6-7H,5H2,(H3,15,17,19,20). The van der Waals surface area contributed by atoms with Gasteiger partial charge in [0.1, 0.15) is 21.6 Å². The summed E-state index contributed by atoms with van der Waals surface area (Å²) in [5.41, 5.74) is 7.44. The van der Waals surface area contributed by atoms with E-state index in [2.05, 4.69) is 47.2 Å². The quantitative estimate of drug-likeness (QED) is 0.701. The number of nitrogens with zero attached hydrogens (tertiary/aromatic N) is 5. The third-order valence-corrected chi connectivity index (χ3v) is 3.53. The maximum Gasteiger partial charge on any atom is 0.255 e. The van der Waals surface area contributed by atoms with Crippen molar-refractivity contribution in [1.29, 1.82) is 0 Å². The number of terminal acetylenes is 1. The van der Waals surface area contributed by atoms with Gasteiger partial charge in [-0.3, -0.25) is 4.98 Å². The normalized spacial score (nSPS) is 10.5. The summed E-state index contributed by atoms with van der Waals surface area (Å²) < 4.78 is 2.14. The highest BCUT2D eigenvalue weighted by Crippen LogP contribution is 2.26. The number of nitrogen functional groups attached to an aromatic ring is 1. The summed E-state index contributed by atoms with van der Waals surface area (Å²) >= 11 is 3.33. The van der Waals surface area contributed by atoms with E-state index >= 15 is 0 Å². The van der Waals surface area contributed by atoms with Crippen LogP contribution in [-0.2, 0) is 0 Å². The highest BCUT2D eigenvalue weighted by atomic mass is 79.9. The van der Waals surface area contributed by atoms with Crippen LogP contribution in [0.3, 0.4) is 0 Å². The Labute approximate surface area is 128 Å². The number of hydrogen-bond acceptors (Lipinski definition) is 6. The highest BCUT2D eigenvalue weighted by molar-refractivity contribution is 9.10. The van der Waals surface area contributed by atoms with E-state index in [9.17, 15) is 0 Å². The van der Waals surface area contributed by atoms with Gasteiger partial charge in [-0.05, 0) is 28.1 Å². The van der Waals surface area contributed by atoms with Crippen molar-refractivity contribution in [3.63, 3.8) is 0 Å². The first-order valence-electron chi connectivity index (χ1n) is 6.00. The number of aromatic nitrogens is 5. The summed E-state index contributed by atoms with van der Waals surface area (Å²) in [7, 11) is 0. The molecule has 0 fully saturated rings. The molecule has 3 rings (SSSR count). The van der Waals surface area contributed by atoms with Crippen LogP contribution in [0.25, 0.3) is 17.0 Å². The Morgan fingerprint density at radius 3 is 3.10 bits per heavy atom. The van der Waals surface area contributed by atoms with E-state index in [1.54, 1.807) is 17.1 Å². The molecule has 0 amide bonds. The number of fused-ring (bicyclic) bond motifs is 1. The van der Waals surface area contributed by atoms with E-state index in [1.807, 2.05) is 12.1 Å². The van der Waals surface area contributed by atoms with Crippen LogP contribution in [0, 0.1) is 12.3 Å². The van der Waals surface area contributed by atoms with Crippen LogP contribution >= 0.6 is 15.9 Å². The second-order valence-electron chi connectivity index (χ2n) is 4.09. The minimum atomic E-state index is 0.298. The van der Waals surface area contributed by atoms with Crippen molar-refractivity contribution in [2.24, 2.45) is 0 Å². The van der Waals surface area contributed by atoms with Gasteiger partial charge < -0.3 is 11.1 Å². The zero-order valence-corrected chi connectivity index (χ0v) is 12.4. The molecule has 0 unspecified atom stereocenters. The van der Waals surface area contributed by atoms with Crippen molar-refractivity contribution in [3.05, 3.63) is 29.0 Å². The van der Waals surface area contributed by atoms with Crippen molar-refractivity contribution in [2.45, 2.75) is 0 Å². The van der Waals surface area contributed by atoms with Crippen LogP contribution in [0.4, 0.5) is 11.6 Å². The Bertz CT molecular complexity index is 849. The third kappa shape index (κ3) is 2.39. The molecule has 104 valence electrons. The van der Waals surface area contributed by atoms with Crippen molar-refractivity contribution in [3.8, 4) is 18.3 Å². The number of anilines is 2. The summed E-state index contributed by atoms with van der Waals surface area (Å²) in [5, 5.41) is 7.23. The number of nitrogens with one attached hydrogen (secondary N) is 1. The average molecular weight is 344 g/mol. The zero-order chi connectivity index (χ0) is 14.8. The fourth-order valence-electron chi connectivity index (χ4n) is 1.82. The summed E-state index contributed by atoms with van der Waals surface area (Å²) in [4.78, 5) is 12.8. The Balaban J connectivity index is 2.14. The van der Waals surface area contributed by atoms with E-state index in [0.717, 1.165) is 11.0 Å². The lowest BCUT2D eigenvalue weighted by Crippen LogP contribution is -2.10. The summed E-state index contributed by atoms with van der Waals surface area (Å²) in [6.07, 6.45) is 8.59. The molecule has 3 aromatic rings. The number of rotatable bonds is 3. The van der Waals surface area contributed by atoms with Crippen LogP contribution in [-0.4, -0.2) is 31.3 Å². The topological polar surface area (TPSA) is 94.5 Å². The fraction of sp³-hybridized carbons (Fsp3) is 0.0769. The SMILES string of the molecule is C#CCNc1nc(-n2ncc3ncccc32)nc(N)c1Br. The molecule has 0 aliphatic rings. The molecule has 0 bridgehead atoms. The molecular weight excluding hydrogens is 334 g/mol. The van der Waals surface area contributed by atoms with Crippen molar-refractivity contribution in [2.75, 3.05) is 17.6 Å². The van der Waals surface area contributed by atoms with Crippen LogP contribution in [0.5, 0.6) is 0 Å². The Kier molecular flexibility index (Phi) is 3.41. The molecular formula is C13H10BrN7. The number of halogens is 1. The van der Waals surface area contributed by atoms with Crippen molar-refractivity contribution < 1.29 is 0 Å². The molecule has 21 heavy (non-hydrogen) atoms. The molecule has 0 spiro atoms. The number of pyridine rings is 1. The van der Waals surface area contributed by atoms with Gasteiger partial charge in [-0.2, -0.15) is 19.7 Å². The maximum absolute atomic E-state index is 5.90. The van der Waals surface area contributed by atoms with Crippen LogP contribution in [0.2, 0.25) is 0 Å². The van der Waals surface area contributed by atoms with Gasteiger partial charge in [0.15, 0.2) is 0 Å². The molecule has 7 nitrogen and oxygen atoms in total. The van der Waals surface area contributed by atoms with Gasteiger partial charge in [0.05, 0.1) is 18.3 Å². The first-order chi connectivity index (χ1) is 10.2. The molecule has 0 atom stereocenters. The Morgan fingerprint density at radius 2 is 2.29 bits per heavy atom. The van der Waals surface area contributed by atoms with Gasteiger partial charge in [0.2, 0.25) is 0 Å². The predicted octanol–water partition coefficient (Wildman–Crippen LogP) is 1.60. The summed E-state index contributed by atoms with van der Waals surface area (Å²) in [5.74, 6) is 3.64. The van der Waals surface area contributed by atoms with E-state index in [4.69, 9.17) is 12.2 Å². The molecule has 0 aromatic carbocycles. The molecule has 3 heterocycles. The monoisotopic (exact) mass is 343 g/mol. The molecule has 0 saturated carbocycles. The van der Waals surface area contributed by atoms with E-state index in [-0.39, 0.29) is 0 Å². The molecule has 0 radical (unpaired) electrons. The molecule has 3 N–H and O–H groups in total. The van der Waals surface area contributed by atoms with Gasteiger partial charge in [-0.25, -0.2) is 0 Å². The maximum atomic E-state index is 5.90. The fourth-order valence-corrected chi connectivity index (χ4v) is 2.14. The van der Waals surface area contributed by atoms with Gasteiger partial charge in [-0.1, -0.05) is 5.92 Å². The lowest BCUT2D eigenvalue weighted by molar-refractivity contribution is 0.834. The minimum Gasteiger partial charge on any atom is -0.383 e. The molecule has 0 aliphatic heterocycles. The first-order valence-corrected chi connectivity index (χ1v) is 6.79. The smallest absolute Gasteiger partial charge is 0.255 e. The van der Waals surface area contributed by atoms with Crippen molar-refractivity contribution in [1.82, 2.24) is 24.7 Å². The largest absolute Gasteiger partial charge is 0.383 e. The van der Waals surface area contributed by atoms with Gasteiger partial charge in [0, 0.05) is 6.20 Å². The van der Waals surface area contributed by atoms with E-state index in [0.29, 0.717) is 28.6 Å². The number of hydrogen-bond donors (Lipinski definition) is 2. The van der Waals surface area contributed by atoms with Gasteiger partial charge in [-0.15, -0.1) is 6.42 Å². The lowest BCUT2D eigenvalue weighted by atomic mass is 10.4. The van der Waals surface area contributed by atoms with E-state index < -0.39 is 0 Å². The molecule has 3 aromatic heterocycles. The Hall–Kier alpha value is -2.66. The van der Waals surface area contributed by atoms with Crippen LogP contribution in [0.1, 0.15) is 0 Å². The van der Waals surface area contributed by atoms with E-state index in [1.165, 1.54) is 0 Å². The molecule has 0 aliphatic carbocycles. The highest BCUT2D eigenvalue weighted by Gasteiger charge is 2.13. The third-order valence-electron chi connectivity index (χ3n) is 2.75. The minimum absolute atomic E-state index is 0.298. The average Bonchev–Trinajstić information content (AvgIpc) is 2.92. The lowest BCUT2D eigenvalue weighted by Gasteiger charge is -2.09. The molecule has 0 saturated heterocycles. The van der Waals surface area contributed by atoms with Crippen molar-refractivity contribution >= 4 is 38.6 Å². The van der Waals surface area contributed by atoms with Crippen LogP contribution in [0.15, 0.2) is 29.0 Å². The molecule has 8 heteroatoms. The summed E-state index contributed by atoms with van der Waals surface area (Å²) in [6.45, 7) is 0.329. The predicted molar refractivity (Wildman–Crippen MR) is 83.9 cm³/mol.